The van der Waals surface area contributed by atoms with Gasteiger partial charge >= 0.3 is 0 Å². The van der Waals surface area contributed by atoms with E-state index in [1.54, 1.807) is 25.0 Å². The third kappa shape index (κ3) is 4.49. The fourth-order valence-corrected chi connectivity index (χ4v) is 3.10. The maximum Gasteiger partial charge on any atom is 0.287 e. The maximum absolute atomic E-state index is 11.7. The normalized spacial score (nSPS) is 12.2. The second kappa shape index (κ2) is 7.33. The third-order valence-electron chi connectivity index (χ3n) is 2.81. The molecule has 0 aliphatic rings. The Kier molecular flexibility index (Phi) is 5.72. The minimum absolute atomic E-state index is 0.174. The first-order chi connectivity index (χ1) is 9.97. The molecule has 1 unspecified atom stereocenters. The molecule has 21 heavy (non-hydrogen) atoms. The summed E-state index contributed by atoms with van der Waals surface area (Å²) in [6, 6.07) is 8.17. The van der Waals surface area contributed by atoms with E-state index in [-0.39, 0.29) is 10.6 Å². The fraction of sp³-hybridized carbons (Fsp3) is 0.286. The maximum atomic E-state index is 11.7. The quantitative estimate of drug-likeness (QED) is 0.792. The molecule has 2 rings (SSSR count). The van der Waals surface area contributed by atoms with Gasteiger partial charge in [-0.05, 0) is 24.3 Å². The Hall–Kier alpha value is -0.980. The van der Waals surface area contributed by atoms with Crippen LogP contribution in [0.1, 0.15) is 6.92 Å². The molecule has 0 bridgehead atoms. The van der Waals surface area contributed by atoms with Gasteiger partial charge in [-0.3, -0.25) is 4.79 Å². The topological polar surface area (TPSA) is 46.9 Å². The number of aryl methyl sites for hydroxylation is 1. The number of hydrogen-bond acceptors (Lipinski definition) is 4. The summed E-state index contributed by atoms with van der Waals surface area (Å²) in [5.74, 6) is 0. The van der Waals surface area contributed by atoms with Crippen molar-refractivity contribution in [1.82, 2.24) is 9.78 Å². The van der Waals surface area contributed by atoms with E-state index in [4.69, 9.17) is 11.6 Å². The van der Waals surface area contributed by atoms with E-state index in [0.717, 1.165) is 4.47 Å². The van der Waals surface area contributed by atoms with Gasteiger partial charge in [0.25, 0.3) is 5.56 Å². The summed E-state index contributed by atoms with van der Waals surface area (Å²) in [6.07, 6.45) is 1.57. The van der Waals surface area contributed by atoms with Gasteiger partial charge in [-0.15, -0.1) is 11.8 Å². The summed E-state index contributed by atoms with van der Waals surface area (Å²) in [6.45, 7) is 2.80. The molecule has 1 atom stereocenters. The first-order valence-corrected chi connectivity index (χ1v) is 8.40. The molecule has 0 saturated heterocycles. The fourth-order valence-electron chi connectivity index (χ4n) is 1.67. The van der Waals surface area contributed by atoms with Gasteiger partial charge in [-0.1, -0.05) is 34.5 Å². The molecule has 0 aliphatic heterocycles. The van der Waals surface area contributed by atoms with Crippen LogP contribution in [0.25, 0.3) is 0 Å². The number of hydrogen-bond donors (Lipinski definition) is 1. The molecule has 4 nitrogen and oxygen atoms in total. The van der Waals surface area contributed by atoms with Crippen molar-refractivity contribution in [2.75, 3.05) is 11.9 Å². The molecule has 0 saturated carbocycles. The van der Waals surface area contributed by atoms with Gasteiger partial charge in [0.05, 0.1) is 11.9 Å². The lowest BCUT2D eigenvalue weighted by Crippen LogP contribution is -2.22. The molecule has 1 heterocycles. The summed E-state index contributed by atoms with van der Waals surface area (Å²) in [5.41, 5.74) is 0.276. The van der Waals surface area contributed by atoms with Crippen LogP contribution >= 0.6 is 39.3 Å². The zero-order valence-electron chi connectivity index (χ0n) is 11.6. The van der Waals surface area contributed by atoms with Crippen molar-refractivity contribution in [1.29, 1.82) is 0 Å². The average molecular weight is 389 g/mol. The van der Waals surface area contributed by atoms with Gasteiger partial charge in [-0.25, -0.2) is 4.68 Å². The van der Waals surface area contributed by atoms with E-state index in [1.807, 2.05) is 12.1 Å². The van der Waals surface area contributed by atoms with Gasteiger partial charge < -0.3 is 5.32 Å². The molecule has 0 aliphatic carbocycles. The average Bonchev–Trinajstić information content (AvgIpc) is 2.46. The van der Waals surface area contributed by atoms with Crippen LogP contribution in [0.5, 0.6) is 0 Å². The Morgan fingerprint density at radius 2 is 2.10 bits per heavy atom. The smallest absolute Gasteiger partial charge is 0.287 e. The van der Waals surface area contributed by atoms with E-state index in [9.17, 15) is 4.79 Å². The van der Waals surface area contributed by atoms with Crippen LogP contribution < -0.4 is 10.9 Å². The highest BCUT2D eigenvalue weighted by molar-refractivity contribution is 9.10. The summed E-state index contributed by atoms with van der Waals surface area (Å²) < 4.78 is 2.28. The molecule has 7 heteroatoms. The van der Waals surface area contributed by atoms with Gasteiger partial charge in [0, 0.05) is 28.2 Å². The number of nitrogens with zero attached hydrogens (tertiary/aromatic N) is 2. The number of rotatable bonds is 5. The number of benzene rings is 1. The highest BCUT2D eigenvalue weighted by atomic mass is 79.9. The van der Waals surface area contributed by atoms with E-state index >= 15 is 0 Å². The molecule has 0 radical (unpaired) electrons. The number of halogens is 2. The van der Waals surface area contributed by atoms with E-state index in [0.29, 0.717) is 17.5 Å². The molecule has 112 valence electrons. The first kappa shape index (κ1) is 16.4. The van der Waals surface area contributed by atoms with Crippen molar-refractivity contribution in [2.45, 2.75) is 17.1 Å². The number of aromatic nitrogens is 2. The number of nitrogens with one attached hydrogen (secondary N) is 1. The van der Waals surface area contributed by atoms with Crippen LogP contribution in [0, 0.1) is 0 Å². The van der Waals surface area contributed by atoms with Gasteiger partial charge in [0.1, 0.15) is 5.02 Å². The monoisotopic (exact) mass is 387 g/mol. The molecular formula is C14H15BrClN3OS. The second-order valence-electron chi connectivity index (χ2n) is 4.56. The molecule has 1 aromatic heterocycles. The van der Waals surface area contributed by atoms with Crippen molar-refractivity contribution in [2.24, 2.45) is 7.05 Å². The van der Waals surface area contributed by atoms with Crippen molar-refractivity contribution in [3.05, 3.63) is 50.3 Å². The highest BCUT2D eigenvalue weighted by Gasteiger charge is 2.09. The lowest BCUT2D eigenvalue weighted by atomic mass is 10.4. The van der Waals surface area contributed by atoms with Crippen LogP contribution in [0.4, 0.5) is 5.69 Å². The molecule has 1 aromatic carbocycles. The number of anilines is 1. The first-order valence-electron chi connectivity index (χ1n) is 6.35. The summed E-state index contributed by atoms with van der Waals surface area (Å²) >= 11 is 11.2. The van der Waals surface area contributed by atoms with Gasteiger partial charge in [-0.2, -0.15) is 5.10 Å². The lowest BCUT2D eigenvalue weighted by Gasteiger charge is -2.14. The minimum Gasteiger partial charge on any atom is -0.381 e. The van der Waals surface area contributed by atoms with Crippen molar-refractivity contribution >= 4 is 45.0 Å². The molecule has 2 aromatic rings. The van der Waals surface area contributed by atoms with Gasteiger partial charge in [0.2, 0.25) is 0 Å². The van der Waals surface area contributed by atoms with Crippen molar-refractivity contribution < 1.29 is 0 Å². The van der Waals surface area contributed by atoms with Crippen LogP contribution in [-0.4, -0.2) is 21.6 Å². The Morgan fingerprint density at radius 3 is 2.76 bits per heavy atom. The molecule has 1 N–H and O–H groups in total. The lowest BCUT2D eigenvalue weighted by molar-refractivity contribution is 0.708. The zero-order valence-corrected chi connectivity index (χ0v) is 14.8. The minimum atomic E-state index is -0.296. The third-order valence-corrected chi connectivity index (χ3v) is 4.82. The summed E-state index contributed by atoms with van der Waals surface area (Å²) in [7, 11) is 1.57. The Balaban J connectivity index is 1.95. The van der Waals surface area contributed by atoms with E-state index in [1.165, 1.54) is 9.58 Å². The summed E-state index contributed by atoms with van der Waals surface area (Å²) in [4.78, 5) is 12.9. The molecule has 0 amide bonds. The number of thioether (sulfide) groups is 1. The zero-order chi connectivity index (χ0) is 15.4. The predicted molar refractivity (Wildman–Crippen MR) is 92.4 cm³/mol. The Morgan fingerprint density at radius 1 is 1.43 bits per heavy atom. The standard InChI is InChI=1S/C14H15BrClN3OS/c1-9(21-11-5-3-10(15)4-6-11)7-17-12-8-18-19(2)14(20)13(12)16/h3-6,8-9,17H,7H2,1-2H3. The van der Waals surface area contributed by atoms with Crippen LogP contribution in [0.2, 0.25) is 5.02 Å². The van der Waals surface area contributed by atoms with Gasteiger partial charge in [0.15, 0.2) is 0 Å². The van der Waals surface area contributed by atoms with Crippen molar-refractivity contribution in [3.63, 3.8) is 0 Å². The largest absolute Gasteiger partial charge is 0.381 e. The van der Waals surface area contributed by atoms with Crippen LogP contribution in [-0.2, 0) is 7.05 Å². The predicted octanol–water partition coefficient (Wildman–Crippen LogP) is 3.79. The summed E-state index contributed by atoms with van der Waals surface area (Å²) in [5, 5.41) is 7.63. The molecular weight excluding hydrogens is 374 g/mol. The Bertz CT molecular complexity index is 675. The SMILES string of the molecule is CC(CNc1cnn(C)c(=O)c1Cl)Sc1ccc(Br)cc1. The van der Waals surface area contributed by atoms with Crippen LogP contribution in [0.3, 0.4) is 0 Å². The Labute approximate surface area is 141 Å². The molecule has 0 fully saturated rings. The van der Waals surface area contributed by atoms with Crippen LogP contribution in [0.15, 0.2) is 44.6 Å². The van der Waals surface area contributed by atoms with Crippen molar-refractivity contribution in [3.8, 4) is 0 Å². The van der Waals surface area contributed by atoms with E-state index < -0.39 is 0 Å². The van der Waals surface area contributed by atoms with E-state index in [2.05, 4.69) is 45.4 Å². The molecule has 0 spiro atoms. The second-order valence-corrected chi connectivity index (χ2v) is 7.37. The highest BCUT2D eigenvalue weighted by Crippen LogP contribution is 2.25.